The molecule has 1 N–H and O–H groups in total. The van der Waals surface area contributed by atoms with Gasteiger partial charge in [0.1, 0.15) is 5.75 Å². The number of rotatable bonds is 4. The summed E-state index contributed by atoms with van der Waals surface area (Å²) < 4.78 is 10.7. The Morgan fingerprint density at radius 1 is 1.28 bits per heavy atom. The molecule has 0 fully saturated rings. The van der Waals surface area contributed by atoms with Crippen molar-refractivity contribution in [2.24, 2.45) is 0 Å². The van der Waals surface area contributed by atoms with Crippen LogP contribution in [0.4, 0.5) is 5.69 Å². The van der Waals surface area contributed by atoms with Crippen LogP contribution in [-0.2, 0) is 22.4 Å². The van der Waals surface area contributed by atoms with Crippen molar-refractivity contribution in [1.29, 1.82) is 0 Å². The van der Waals surface area contributed by atoms with Gasteiger partial charge in [0.25, 0.3) is 5.91 Å². The molecule has 0 spiro atoms. The second-order valence-electron chi connectivity index (χ2n) is 6.30. The van der Waals surface area contributed by atoms with Crippen LogP contribution in [0.2, 0.25) is 0 Å². The summed E-state index contributed by atoms with van der Waals surface area (Å²) >= 11 is 0. The number of para-hydroxylation sites is 2. The van der Waals surface area contributed by atoms with Gasteiger partial charge in [-0.1, -0.05) is 31.2 Å². The number of esters is 1. The number of carbonyl (C=O) groups is 2. The summed E-state index contributed by atoms with van der Waals surface area (Å²) in [5.74, 6) is -0.297. The van der Waals surface area contributed by atoms with E-state index in [1.807, 2.05) is 18.2 Å². The molecule has 2 aromatic rings. The van der Waals surface area contributed by atoms with E-state index < -0.39 is 11.6 Å². The highest BCUT2D eigenvalue weighted by atomic mass is 16.6. The van der Waals surface area contributed by atoms with Crippen LogP contribution in [0.1, 0.15) is 35.3 Å². The normalized spacial score (nSPS) is 18.9. The summed E-state index contributed by atoms with van der Waals surface area (Å²) in [4.78, 5) is 25.2. The molecular weight excluding hydrogens is 318 g/mol. The minimum absolute atomic E-state index is 0.336. The topological polar surface area (TPSA) is 64.6 Å². The number of carbonyl (C=O) groups excluding carboxylic acids is 2. The molecule has 25 heavy (non-hydrogen) atoms. The molecule has 1 aliphatic heterocycles. The van der Waals surface area contributed by atoms with Gasteiger partial charge in [-0.25, -0.2) is 4.79 Å². The number of methoxy groups -OCH3 is 1. The first-order valence-corrected chi connectivity index (χ1v) is 8.26. The van der Waals surface area contributed by atoms with E-state index in [0.717, 1.165) is 17.5 Å². The minimum atomic E-state index is -1.27. The molecule has 0 bridgehead atoms. The van der Waals surface area contributed by atoms with Crippen molar-refractivity contribution < 1.29 is 19.1 Å². The van der Waals surface area contributed by atoms with Crippen molar-refractivity contribution in [3.05, 3.63) is 59.2 Å². The van der Waals surface area contributed by atoms with Crippen molar-refractivity contribution in [1.82, 2.24) is 0 Å². The average Bonchev–Trinajstić information content (AvgIpc) is 2.61. The van der Waals surface area contributed by atoms with Crippen LogP contribution in [0.25, 0.3) is 0 Å². The Bertz CT molecular complexity index is 830. The van der Waals surface area contributed by atoms with Crippen LogP contribution in [0, 0.1) is 0 Å². The first kappa shape index (κ1) is 17.0. The zero-order valence-electron chi connectivity index (χ0n) is 14.6. The number of aryl methyl sites for hydroxylation is 1. The van der Waals surface area contributed by atoms with Crippen molar-refractivity contribution in [3.8, 4) is 5.75 Å². The van der Waals surface area contributed by atoms with Crippen LogP contribution in [0.3, 0.4) is 0 Å². The second-order valence-corrected chi connectivity index (χ2v) is 6.30. The number of amides is 1. The van der Waals surface area contributed by atoms with Gasteiger partial charge in [0.2, 0.25) is 0 Å². The lowest BCUT2D eigenvalue weighted by molar-refractivity contribution is -0.134. The predicted molar refractivity (Wildman–Crippen MR) is 95.0 cm³/mol. The van der Waals surface area contributed by atoms with Crippen LogP contribution < -0.4 is 10.1 Å². The third-order valence-electron chi connectivity index (χ3n) is 4.48. The van der Waals surface area contributed by atoms with Gasteiger partial charge >= 0.3 is 5.97 Å². The number of cyclic esters (lactones) is 1. The molecule has 0 saturated heterocycles. The minimum Gasteiger partial charge on any atom is -0.495 e. The van der Waals surface area contributed by atoms with Crippen LogP contribution in [0.5, 0.6) is 5.75 Å². The number of benzene rings is 2. The Balaban J connectivity index is 1.88. The summed E-state index contributed by atoms with van der Waals surface area (Å²) in [6, 6.07) is 12.8. The highest BCUT2D eigenvalue weighted by molar-refractivity contribution is 6.03. The molecule has 0 aromatic heterocycles. The standard InChI is InChI=1S/C20H21NO4/c1-4-13-9-10-15-14(11-13)12-20(2,25-18(15)22)19(23)21-16-7-5-6-8-17(16)24-3/h5-11H,4,12H2,1-3H3,(H,21,23). The van der Waals surface area contributed by atoms with Crippen LogP contribution in [-0.4, -0.2) is 24.6 Å². The Morgan fingerprint density at radius 3 is 2.76 bits per heavy atom. The van der Waals surface area contributed by atoms with E-state index in [-0.39, 0.29) is 5.91 Å². The first-order chi connectivity index (χ1) is 12.0. The molecule has 1 heterocycles. The lowest BCUT2D eigenvalue weighted by Gasteiger charge is -2.33. The lowest BCUT2D eigenvalue weighted by Crippen LogP contribution is -2.49. The van der Waals surface area contributed by atoms with Crippen LogP contribution in [0.15, 0.2) is 42.5 Å². The van der Waals surface area contributed by atoms with Gasteiger partial charge in [0.15, 0.2) is 5.60 Å². The maximum absolute atomic E-state index is 12.8. The number of hydrogen-bond acceptors (Lipinski definition) is 4. The molecule has 1 aliphatic rings. The largest absolute Gasteiger partial charge is 0.495 e. The number of hydrogen-bond donors (Lipinski definition) is 1. The fourth-order valence-corrected chi connectivity index (χ4v) is 3.00. The second kappa shape index (κ2) is 6.59. The van der Waals surface area contributed by atoms with Gasteiger partial charge < -0.3 is 14.8 Å². The average molecular weight is 339 g/mol. The maximum Gasteiger partial charge on any atom is 0.339 e. The van der Waals surface area contributed by atoms with E-state index >= 15 is 0 Å². The van der Waals surface area contributed by atoms with Gasteiger partial charge in [0, 0.05) is 6.42 Å². The Kier molecular flexibility index (Phi) is 4.49. The van der Waals surface area contributed by atoms with Gasteiger partial charge in [-0.15, -0.1) is 0 Å². The van der Waals surface area contributed by atoms with Crippen molar-refractivity contribution in [3.63, 3.8) is 0 Å². The van der Waals surface area contributed by atoms with Crippen LogP contribution >= 0.6 is 0 Å². The van der Waals surface area contributed by atoms with E-state index in [1.165, 1.54) is 7.11 Å². The molecular formula is C20H21NO4. The SMILES string of the molecule is CCc1ccc2c(c1)CC(C)(C(=O)Nc1ccccc1OC)OC2=O. The van der Waals surface area contributed by atoms with Gasteiger partial charge in [-0.2, -0.15) is 0 Å². The molecule has 1 unspecified atom stereocenters. The Labute approximate surface area is 147 Å². The molecule has 3 rings (SSSR count). The van der Waals surface area contributed by atoms with E-state index in [0.29, 0.717) is 23.4 Å². The molecule has 1 amide bonds. The summed E-state index contributed by atoms with van der Waals surface area (Å²) in [6.45, 7) is 3.69. The third kappa shape index (κ3) is 3.22. The van der Waals surface area contributed by atoms with E-state index in [4.69, 9.17) is 9.47 Å². The van der Waals surface area contributed by atoms with Gasteiger partial charge in [-0.05, 0) is 42.7 Å². The lowest BCUT2D eigenvalue weighted by atomic mass is 9.88. The molecule has 5 nitrogen and oxygen atoms in total. The zero-order valence-corrected chi connectivity index (χ0v) is 14.6. The highest BCUT2D eigenvalue weighted by Crippen LogP contribution is 2.31. The maximum atomic E-state index is 12.8. The highest BCUT2D eigenvalue weighted by Gasteiger charge is 2.43. The molecule has 2 aromatic carbocycles. The molecule has 0 radical (unpaired) electrons. The monoisotopic (exact) mass is 339 g/mol. The zero-order chi connectivity index (χ0) is 18.0. The number of nitrogens with one attached hydrogen (secondary N) is 1. The third-order valence-corrected chi connectivity index (χ3v) is 4.48. The van der Waals surface area contributed by atoms with Gasteiger partial charge in [-0.3, -0.25) is 4.79 Å². The predicted octanol–water partition coefficient (Wildman–Crippen LogP) is 3.37. The molecule has 1 atom stereocenters. The summed E-state index contributed by atoms with van der Waals surface area (Å²) in [5.41, 5.74) is 1.77. The smallest absolute Gasteiger partial charge is 0.339 e. The Hall–Kier alpha value is -2.82. The molecule has 0 aliphatic carbocycles. The van der Waals surface area contributed by atoms with Gasteiger partial charge in [0.05, 0.1) is 18.4 Å². The van der Waals surface area contributed by atoms with Crippen molar-refractivity contribution in [2.75, 3.05) is 12.4 Å². The van der Waals surface area contributed by atoms with Crippen molar-refractivity contribution >= 4 is 17.6 Å². The van der Waals surface area contributed by atoms with E-state index in [1.54, 1.807) is 31.2 Å². The fourth-order valence-electron chi connectivity index (χ4n) is 3.00. The first-order valence-electron chi connectivity index (χ1n) is 8.26. The molecule has 5 heteroatoms. The van der Waals surface area contributed by atoms with E-state index in [9.17, 15) is 9.59 Å². The molecule has 0 saturated carbocycles. The van der Waals surface area contributed by atoms with Crippen molar-refractivity contribution in [2.45, 2.75) is 32.3 Å². The number of ether oxygens (including phenoxy) is 2. The van der Waals surface area contributed by atoms with E-state index in [2.05, 4.69) is 12.2 Å². The fraction of sp³-hybridized carbons (Fsp3) is 0.300. The number of anilines is 1. The molecule has 130 valence electrons. The Morgan fingerprint density at radius 2 is 2.04 bits per heavy atom. The number of fused-ring (bicyclic) bond motifs is 1. The summed E-state index contributed by atoms with van der Waals surface area (Å²) in [7, 11) is 1.54. The quantitative estimate of drug-likeness (QED) is 0.868. The summed E-state index contributed by atoms with van der Waals surface area (Å²) in [6.07, 6.45) is 1.20. The summed E-state index contributed by atoms with van der Waals surface area (Å²) in [5, 5.41) is 2.81.